The zero-order valence-electron chi connectivity index (χ0n) is 7.69. The van der Waals surface area contributed by atoms with Crippen molar-refractivity contribution in [2.24, 2.45) is 0 Å². The molecule has 0 aliphatic carbocycles. The molecular weight excluding hydrogens is 168 g/mol. The highest BCUT2D eigenvalue weighted by Crippen LogP contribution is 2.12. The second-order valence-corrected chi connectivity index (χ2v) is 2.63. The van der Waals surface area contributed by atoms with Crippen molar-refractivity contribution in [3.05, 3.63) is 29.8 Å². The SMILES string of the molecule is COc1cccc(COCCO)c1. The zero-order valence-corrected chi connectivity index (χ0v) is 7.69. The van der Waals surface area contributed by atoms with Crippen molar-refractivity contribution < 1.29 is 14.6 Å². The highest BCUT2D eigenvalue weighted by Gasteiger charge is 1.95. The molecule has 1 rings (SSSR count). The molecule has 0 atom stereocenters. The fraction of sp³-hybridized carbons (Fsp3) is 0.400. The average molecular weight is 182 g/mol. The third-order valence-corrected chi connectivity index (χ3v) is 1.64. The maximum atomic E-state index is 8.50. The van der Waals surface area contributed by atoms with Crippen LogP contribution in [0.4, 0.5) is 0 Å². The molecule has 1 aromatic carbocycles. The summed E-state index contributed by atoms with van der Waals surface area (Å²) < 4.78 is 10.2. The predicted molar refractivity (Wildman–Crippen MR) is 49.7 cm³/mol. The molecule has 0 unspecified atom stereocenters. The molecule has 0 amide bonds. The molecule has 0 saturated carbocycles. The lowest BCUT2D eigenvalue weighted by molar-refractivity contribution is 0.0814. The van der Waals surface area contributed by atoms with Gasteiger partial charge in [0.25, 0.3) is 0 Å². The van der Waals surface area contributed by atoms with Crippen LogP contribution in [-0.2, 0) is 11.3 Å². The van der Waals surface area contributed by atoms with E-state index in [9.17, 15) is 0 Å². The maximum absolute atomic E-state index is 8.50. The summed E-state index contributed by atoms with van der Waals surface area (Å²) in [6.07, 6.45) is 0. The van der Waals surface area contributed by atoms with Gasteiger partial charge < -0.3 is 14.6 Å². The molecule has 1 N–H and O–H groups in total. The van der Waals surface area contributed by atoms with Gasteiger partial charge in [0, 0.05) is 0 Å². The molecule has 0 spiro atoms. The Bertz CT molecular complexity index is 248. The zero-order chi connectivity index (χ0) is 9.52. The van der Waals surface area contributed by atoms with Crippen LogP contribution in [0.3, 0.4) is 0 Å². The third-order valence-electron chi connectivity index (χ3n) is 1.64. The number of hydrogen-bond donors (Lipinski definition) is 1. The summed E-state index contributed by atoms with van der Waals surface area (Å²) in [5, 5.41) is 8.50. The van der Waals surface area contributed by atoms with Crippen LogP contribution in [0.15, 0.2) is 24.3 Å². The van der Waals surface area contributed by atoms with Crippen molar-refractivity contribution in [2.75, 3.05) is 20.3 Å². The molecule has 0 bridgehead atoms. The molecule has 13 heavy (non-hydrogen) atoms. The van der Waals surface area contributed by atoms with E-state index in [4.69, 9.17) is 14.6 Å². The fourth-order valence-electron chi connectivity index (χ4n) is 1.02. The van der Waals surface area contributed by atoms with Crippen molar-refractivity contribution in [2.45, 2.75) is 6.61 Å². The molecule has 72 valence electrons. The van der Waals surface area contributed by atoms with Gasteiger partial charge in [0.15, 0.2) is 0 Å². The minimum atomic E-state index is 0.0595. The number of aliphatic hydroxyl groups excluding tert-OH is 1. The first kappa shape index (κ1) is 10.0. The van der Waals surface area contributed by atoms with Gasteiger partial charge >= 0.3 is 0 Å². The van der Waals surface area contributed by atoms with Crippen LogP contribution >= 0.6 is 0 Å². The number of methoxy groups -OCH3 is 1. The Morgan fingerprint density at radius 3 is 2.92 bits per heavy atom. The number of aliphatic hydroxyl groups is 1. The van der Waals surface area contributed by atoms with E-state index in [1.54, 1.807) is 7.11 Å². The lowest BCUT2D eigenvalue weighted by Gasteiger charge is -2.04. The Morgan fingerprint density at radius 1 is 1.38 bits per heavy atom. The van der Waals surface area contributed by atoms with Crippen LogP contribution in [0.5, 0.6) is 5.75 Å². The lowest BCUT2D eigenvalue weighted by Crippen LogP contribution is -1.99. The van der Waals surface area contributed by atoms with E-state index >= 15 is 0 Å². The molecule has 0 saturated heterocycles. The Kier molecular flexibility index (Phi) is 4.29. The van der Waals surface area contributed by atoms with Crippen LogP contribution in [0, 0.1) is 0 Å². The third kappa shape index (κ3) is 3.44. The molecule has 0 aliphatic rings. The van der Waals surface area contributed by atoms with E-state index in [1.165, 1.54) is 0 Å². The number of hydrogen-bond acceptors (Lipinski definition) is 3. The first-order chi connectivity index (χ1) is 6.36. The minimum absolute atomic E-state index is 0.0595. The second-order valence-electron chi connectivity index (χ2n) is 2.63. The molecule has 0 heterocycles. The predicted octanol–water partition coefficient (Wildman–Crippen LogP) is 1.20. The summed E-state index contributed by atoms with van der Waals surface area (Å²) in [6, 6.07) is 7.67. The van der Waals surface area contributed by atoms with Crippen LogP contribution in [0.2, 0.25) is 0 Å². The molecule has 0 radical (unpaired) electrons. The van der Waals surface area contributed by atoms with E-state index in [1.807, 2.05) is 24.3 Å². The van der Waals surface area contributed by atoms with E-state index in [0.717, 1.165) is 11.3 Å². The normalized spacial score (nSPS) is 10.0. The summed E-state index contributed by atoms with van der Waals surface area (Å²) in [5.74, 6) is 0.824. The minimum Gasteiger partial charge on any atom is -0.497 e. The van der Waals surface area contributed by atoms with E-state index < -0.39 is 0 Å². The molecular formula is C10H14O3. The van der Waals surface area contributed by atoms with Gasteiger partial charge in [0.2, 0.25) is 0 Å². The van der Waals surface area contributed by atoms with Crippen molar-refractivity contribution >= 4 is 0 Å². The maximum Gasteiger partial charge on any atom is 0.119 e. The van der Waals surface area contributed by atoms with Crippen molar-refractivity contribution in [1.29, 1.82) is 0 Å². The van der Waals surface area contributed by atoms with Gasteiger partial charge in [-0.05, 0) is 17.7 Å². The van der Waals surface area contributed by atoms with Crippen molar-refractivity contribution in [3.63, 3.8) is 0 Å². The molecule has 0 fully saturated rings. The van der Waals surface area contributed by atoms with Gasteiger partial charge in [-0.2, -0.15) is 0 Å². The summed E-state index contributed by atoms with van der Waals surface area (Å²) in [6.45, 7) is 0.943. The smallest absolute Gasteiger partial charge is 0.119 e. The highest BCUT2D eigenvalue weighted by atomic mass is 16.5. The molecule has 0 aromatic heterocycles. The molecule has 1 aromatic rings. The van der Waals surface area contributed by atoms with Gasteiger partial charge in [-0.3, -0.25) is 0 Å². The summed E-state index contributed by atoms with van der Waals surface area (Å²) in [4.78, 5) is 0. The first-order valence-corrected chi connectivity index (χ1v) is 4.18. The first-order valence-electron chi connectivity index (χ1n) is 4.18. The van der Waals surface area contributed by atoms with E-state index in [2.05, 4.69) is 0 Å². The Balaban J connectivity index is 2.46. The fourth-order valence-corrected chi connectivity index (χ4v) is 1.02. The van der Waals surface area contributed by atoms with Crippen LogP contribution in [0.1, 0.15) is 5.56 Å². The van der Waals surface area contributed by atoms with E-state index in [-0.39, 0.29) is 6.61 Å². The quantitative estimate of drug-likeness (QED) is 0.695. The van der Waals surface area contributed by atoms with Gasteiger partial charge in [-0.25, -0.2) is 0 Å². The number of benzene rings is 1. The summed E-state index contributed by atoms with van der Waals surface area (Å²) in [5.41, 5.74) is 1.05. The average Bonchev–Trinajstić information content (AvgIpc) is 2.19. The van der Waals surface area contributed by atoms with Gasteiger partial charge in [-0.15, -0.1) is 0 Å². The Labute approximate surface area is 77.9 Å². The van der Waals surface area contributed by atoms with Crippen LogP contribution < -0.4 is 4.74 Å². The van der Waals surface area contributed by atoms with Crippen molar-refractivity contribution in [3.8, 4) is 5.75 Å². The van der Waals surface area contributed by atoms with Gasteiger partial charge in [-0.1, -0.05) is 12.1 Å². The summed E-state index contributed by atoms with van der Waals surface area (Å²) >= 11 is 0. The lowest BCUT2D eigenvalue weighted by atomic mass is 10.2. The standard InChI is InChI=1S/C10H14O3/c1-12-10-4-2-3-9(7-10)8-13-6-5-11/h2-4,7,11H,5-6,8H2,1H3. The monoisotopic (exact) mass is 182 g/mol. The summed E-state index contributed by atoms with van der Waals surface area (Å²) in [7, 11) is 1.63. The van der Waals surface area contributed by atoms with Crippen LogP contribution in [-0.4, -0.2) is 25.4 Å². The van der Waals surface area contributed by atoms with Crippen molar-refractivity contribution in [1.82, 2.24) is 0 Å². The second kappa shape index (κ2) is 5.56. The topological polar surface area (TPSA) is 38.7 Å². The molecule has 0 aliphatic heterocycles. The molecule has 3 heteroatoms. The number of rotatable bonds is 5. The van der Waals surface area contributed by atoms with Gasteiger partial charge in [0.1, 0.15) is 5.75 Å². The Morgan fingerprint density at radius 2 is 2.23 bits per heavy atom. The number of ether oxygens (including phenoxy) is 2. The largest absolute Gasteiger partial charge is 0.497 e. The Hall–Kier alpha value is -1.06. The molecule has 3 nitrogen and oxygen atoms in total. The van der Waals surface area contributed by atoms with Crippen LogP contribution in [0.25, 0.3) is 0 Å². The van der Waals surface area contributed by atoms with Gasteiger partial charge in [0.05, 0.1) is 26.9 Å². The van der Waals surface area contributed by atoms with E-state index in [0.29, 0.717) is 13.2 Å². The highest BCUT2D eigenvalue weighted by molar-refractivity contribution is 5.27.